The number of ether oxygens (including phenoxy) is 1. The summed E-state index contributed by atoms with van der Waals surface area (Å²) in [5.41, 5.74) is 2.63. The molecule has 0 unspecified atom stereocenters. The molecule has 138 valence electrons. The molecule has 4 atom stereocenters. The molecule has 3 amide bonds. The number of likely N-dealkylation sites (tertiary alicyclic amines) is 1. The summed E-state index contributed by atoms with van der Waals surface area (Å²) in [6.45, 7) is 6.40. The number of carbonyl (C=O) groups is 3. The molecule has 0 saturated carbocycles. The zero-order valence-corrected chi connectivity index (χ0v) is 15.5. The van der Waals surface area contributed by atoms with Crippen LogP contribution in [0.1, 0.15) is 23.6 Å². The first kappa shape index (κ1) is 17.2. The van der Waals surface area contributed by atoms with Crippen molar-refractivity contribution in [3.63, 3.8) is 0 Å². The van der Waals surface area contributed by atoms with E-state index in [1.807, 2.05) is 38.2 Å². The predicted molar refractivity (Wildman–Crippen MR) is 93.2 cm³/mol. The summed E-state index contributed by atoms with van der Waals surface area (Å²) in [5, 5.41) is 4.91. The van der Waals surface area contributed by atoms with Gasteiger partial charge in [0.1, 0.15) is 11.8 Å². The molecule has 4 rings (SSSR count). The Balaban J connectivity index is 1.85. The van der Waals surface area contributed by atoms with E-state index < -0.39 is 17.4 Å². The molecule has 3 heterocycles. The molecule has 3 aliphatic rings. The monoisotopic (exact) mass is 358 g/mol. The van der Waals surface area contributed by atoms with E-state index in [1.54, 1.807) is 0 Å². The number of hydrogen-bond donors (Lipinski definition) is 2. The van der Waals surface area contributed by atoms with Gasteiger partial charge >= 0.3 is 0 Å². The summed E-state index contributed by atoms with van der Waals surface area (Å²) < 4.78 is 5.04. The lowest BCUT2D eigenvalue weighted by Crippen LogP contribution is -2.98. The molecule has 0 radical (unpaired) electrons. The van der Waals surface area contributed by atoms with Crippen LogP contribution < -0.4 is 10.6 Å². The molecule has 0 aliphatic carbocycles. The fourth-order valence-corrected chi connectivity index (χ4v) is 4.92. The lowest BCUT2D eigenvalue weighted by Gasteiger charge is -2.26. The van der Waals surface area contributed by atoms with Crippen LogP contribution in [0.5, 0.6) is 0 Å². The molecule has 3 aliphatic heterocycles. The summed E-state index contributed by atoms with van der Waals surface area (Å²) in [5.74, 6) is -1.82. The predicted octanol–water partition coefficient (Wildman–Crippen LogP) is -0.336. The third kappa shape index (κ3) is 1.92. The molecule has 3 N–H and O–H groups in total. The number of amides is 3. The van der Waals surface area contributed by atoms with E-state index in [0.29, 0.717) is 6.61 Å². The SMILES string of the molecule is COCCN1C(=O)[C@H]2[C@@H](C1=O)[C@]1([NH2+][C@@H]2C)C(=O)Nc2c1ccc(C)c2C. The quantitative estimate of drug-likeness (QED) is 0.724. The molecule has 0 aromatic heterocycles. The summed E-state index contributed by atoms with van der Waals surface area (Å²) in [6.07, 6.45) is 0. The van der Waals surface area contributed by atoms with Crippen molar-refractivity contribution >= 4 is 23.4 Å². The minimum Gasteiger partial charge on any atom is -0.383 e. The molecule has 0 bridgehead atoms. The van der Waals surface area contributed by atoms with Gasteiger partial charge in [0.25, 0.3) is 5.91 Å². The maximum Gasteiger partial charge on any atom is 0.291 e. The molecule has 7 heteroatoms. The van der Waals surface area contributed by atoms with Crippen molar-refractivity contribution in [3.05, 3.63) is 28.8 Å². The number of imide groups is 1. The van der Waals surface area contributed by atoms with Gasteiger partial charge in [-0.25, -0.2) is 0 Å². The van der Waals surface area contributed by atoms with Crippen LogP contribution in [0, 0.1) is 25.7 Å². The average Bonchev–Trinajstić information content (AvgIpc) is 3.16. The Kier molecular flexibility index (Phi) is 3.71. The minimum atomic E-state index is -1.06. The highest BCUT2D eigenvalue weighted by molar-refractivity contribution is 6.14. The first-order valence-electron chi connectivity index (χ1n) is 8.97. The maximum absolute atomic E-state index is 13.2. The number of aryl methyl sites for hydroxylation is 1. The minimum absolute atomic E-state index is 0.151. The van der Waals surface area contributed by atoms with E-state index >= 15 is 0 Å². The van der Waals surface area contributed by atoms with Crippen LogP contribution in [0.25, 0.3) is 0 Å². The van der Waals surface area contributed by atoms with E-state index in [2.05, 4.69) is 5.32 Å². The largest absolute Gasteiger partial charge is 0.383 e. The Hall–Kier alpha value is -2.25. The van der Waals surface area contributed by atoms with Gasteiger partial charge in [0.2, 0.25) is 17.4 Å². The molecular weight excluding hydrogens is 334 g/mol. The Morgan fingerprint density at radius 3 is 2.65 bits per heavy atom. The van der Waals surface area contributed by atoms with Crippen molar-refractivity contribution in [1.29, 1.82) is 0 Å². The molecule has 1 aromatic rings. The van der Waals surface area contributed by atoms with Gasteiger partial charge in [0.15, 0.2) is 0 Å². The number of hydrogen-bond acceptors (Lipinski definition) is 4. The third-order valence-electron chi connectivity index (χ3n) is 6.34. The van der Waals surface area contributed by atoms with Crippen LogP contribution in [0.4, 0.5) is 5.69 Å². The summed E-state index contributed by atoms with van der Waals surface area (Å²) in [6, 6.07) is 3.75. The van der Waals surface area contributed by atoms with E-state index in [-0.39, 0.29) is 30.3 Å². The van der Waals surface area contributed by atoms with E-state index in [0.717, 1.165) is 22.4 Å². The van der Waals surface area contributed by atoms with Crippen LogP contribution >= 0.6 is 0 Å². The van der Waals surface area contributed by atoms with Crippen LogP contribution in [0.3, 0.4) is 0 Å². The molecule has 2 saturated heterocycles. The van der Waals surface area contributed by atoms with Gasteiger partial charge < -0.3 is 15.4 Å². The number of fused-ring (bicyclic) bond motifs is 4. The van der Waals surface area contributed by atoms with Crippen molar-refractivity contribution in [1.82, 2.24) is 4.90 Å². The van der Waals surface area contributed by atoms with Crippen molar-refractivity contribution in [2.75, 3.05) is 25.6 Å². The zero-order chi connectivity index (χ0) is 18.8. The van der Waals surface area contributed by atoms with Gasteiger partial charge in [-0.3, -0.25) is 19.3 Å². The van der Waals surface area contributed by atoms with Gasteiger partial charge in [0, 0.05) is 12.7 Å². The van der Waals surface area contributed by atoms with Gasteiger partial charge in [-0.05, 0) is 38.0 Å². The second kappa shape index (κ2) is 5.62. The first-order chi connectivity index (χ1) is 12.3. The molecule has 26 heavy (non-hydrogen) atoms. The highest BCUT2D eigenvalue weighted by Gasteiger charge is 2.73. The molecule has 2 fully saturated rings. The summed E-state index contributed by atoms with van der Waals surface area (Å²) in [7, 11) is 1.54. The Morgan fingerprint density at radius 1 is 1.23 bits per heavy atom. The summed E-state index contributed by atoms with van der Waals surface area (Å²) >= 11 is 0. The van der Waals surface area contributed by atoms with Gasteiger partial charge in [-0.1, -0.05) is 6.07 Å². The number of carbonyl (C=O) groups excluding carboxylic acids is 3. The van der Waals surface area contributed by atoms with E-state index in [1.165, 1.54) is 12.0 Å². The van der Waals surface area contributed by atoms with Crippen LogP contribution in [0.15, 0.2) is 12.1 Å². The molecular formula is C19H24N3O4+. The fraction of sp³-hybridized carbons (Fsp3) is 0.526. The topological polar surface area (TPSA) is 92.3 Å². The number of quaternary nitrogens is 1. The normalized spacial score (nSPS) is 32.4. The maximum atomic E-state index is 13.2. The van der Waals surface area contributed by atoms with Crippen molar-refractivity contribution in [2.45, 2.75) is 32.4 Å². The van der Waals surface area contributed by atoms with Gasteiger partial charge in [0.05, 0.1) is 24.9 Å². The van der Waals surface area contributed by atoms with Crippen LogP contribution in [0.2, 0.25) is 0 Å². The third-order valence-corrected chi connectivity index (χ3v) is 6.34. The number of methoxy groups -OCH3 is 1. The Labute approximate surface area is 152 Å². The number of anilines is 1. The molecule has 1 spiro atoms. The van der Waals surface area contributed by atoms with Gasteiger partial charge in [-0.15, -0.1) is 0 Å². The van der Waals surface area contributed by atoms with Crippen molar-refractivity contribution < 1.29 is 24.4 Å². The molecule has 7 nitrogen and oxygen atoms in total. The number of rotatable bonds is 3. The highest BCUT2D eigenvalue weighted by atomic mass is 16.5. The van der Waals surface area contributed by atoms with Gasteiger partial charge in [-0.2, -0.15) is 0 Å². The number of benzene rings is 1. The number of nitrogens with zero attached hydrogens (tertiary/aromatic N) is 1. The van der Waals surface area contributed by atoms with Crippen LogP contribution in [-0.2, 0) is 24.7 Å². The number of nitrogens with one attached hydrogen (secondary N) is 1. The Bertz CT molecular complexity index is 836. The Morgan fingerprint density at radius 2 is 1.96 bits per heavy atom. The smallest absolute Gasteiger partial charge is 0.291 e. The fourth-order valence-electron chi connectivity index (χ4n) is 4.92. The average molecular weight is 358 g/mol. The lowest BCUT2D eigenvalue weighted by molar-refractivity contribution is -0.730. The second-order valence-electron chi connectivity index (χ2n) is 7.60. The van der Waals surface area contributed by atoms with Crippen molar-refractivity contribution in [3.8, 4) is 0 Å². The molecule has 1 aromatic carbocycles. The van der Waals surface area contributed by atoms with Crippen LogP contribution in [-0.4, -0.2) is 48.9 Å². The lowest BCUT2D eigenvalue weighted by atomic mass is 9.76. The highest BCUT2D eigenvalue weighted by Crippen LogP contribution is 2.49. The van der Waals surface area contributed by atoms with E-state index in [9.17, 15) is 14.4 Å². The summed E-state index contributed by atoms with van der Waals surface area (Å²) in [4.78, 5) is 40.5. The first-order valence-corrected chi connectivity index (χ1v) is 8.97. The number of nitrogens with two attached hydrogens (primary N) is 1. The second-order valence-corrected chi connectivity index (χ2v) is 7.60. The van der Waals surface area contributed by atoms with E-state index in [4.69, 9.17) is 4.74 Å². The zero-order valence-electron chi connectivity index (χ0n) is 15.5. The van der Waals surface area contributed by atoms with Crippen molar-refractivity contribution in [2.24, 2.45) is 11.8 Å². The standard InChI is InChI=1S/C19H23N3O4/c1-9-5-6-12-15(10(9)2)20-18(25)19(12)14-13(11(3)21-19)16(23)22(17(14)24)7-8-26-4/h5-6,11,13-14,21H,7-8H2,1-4H3,(H,20,25)/p+1/t11-,13-,14+,19+/m1/s1.